The van der Waals surface area contributed by atoms with E-state index in [1.54, 1.807) is 6.92 Å². The van der Waals surface area contributed by atoms with Crippen LogP contribution in [0.15, 0.2) is 39.9 Å². The summed E-state index contributed by atoms with van der Waals surface area (Å²) in [7, 11) is 0. The number of urea groups is 1. The Labute approximate surface area is 174 Å². The monoisotopic (exact) mass is 416 g/mol. The van der Waals surface area contributed by atoms with Gasteiger partial charge in [0.1, 0.15) is 11.5 Å². The molecule has 10 heteroatoms. The Hall–Kier alpha value is -3.56. The summed E-state index contributed by atoms with van der Waals surface area (Å²) in [4.78, 5) is 52.5. The molecule has 2 aromatic rings. The van der Waals surface area contributed by atoms with Gasteiger partial charge in [-0.05, 0) is 18.4 Å². The third kappa shape index (κ3) is 5.97. The lowest BCUT2D eigenvalue weighted by Crippen LogP contribution is -2.47. The molecule has 1 heterocycles. The van der Waals surface area contributed by atoms with Gasteiger partial charge in [0.2, 0.25) is 5.91 Å². The Morgan fingerprint density at radius 3 is 2.47 bits per heavy atom. The average Bonchev–Trinajstić information content (AvgIpc) is 2.69. The maximum atomic E-state index is 12.4. The Morgan fingerprint density at radius 2 is 1.87 bits per heavy atom. The number of nitrogens with one attached hydrogen (secondary N) is 3. The molecule has 0 spiro atoms. The minimum Gasteiger partial charge on any atom is -0.383 e. The molecule has 3 amide bonds. The fraction of sp³-hybridized carbons (Fsp3) is 0.400. The maximum absolute atomic E-state index is 12.4. The van der Waals surface area contributed by atoms with Gasteiger partial charge in [0.25, 0.3) is 5.56 Å². The van der Waals surface area contributed by atoms with Gasteiger partial charge in [-0.1, -0.05) is 44.2 Å². The van der Waals surface area contributed by atoms with E-state index in [4.69, 9.17) is 5.73 Å². The molecule has 0 atom stereocenters. The standard InChI is InChI=1S/C20H28N6O4/c1-4-25(12-15(27)23-19(29)22-10-13(2)3)16-17(21)26(20(30)24-18(16)28)11-14-8-6-5-7-9-14/h5-9,13H,4,10-12,21H2,1-3H3,(H,24,28,30)(H2,22,23,27,29). The first-order valence-electron chi connectivity index (χ1n) is 9.72. The number of nitrogen functional groups attached to an aromatic ring is 1. The van der Waals surface area contributed by atoms with Crippen LogP contribution >= 0.6 is 0 Å². The molecule has 30 heavy (non-hydrogen) atoms. The van der Waals surface area contributed by atoms with Gasteiger partial charge >= 0.3 is 11.7 Å². The number of H-pyrrole nitrogens is 1. The highest BCUT2D eigenvalue weighted by Gasteiger charge is 2.21. The van der Waals surface area contributed by atoms with E-state index in [9.17, 15) is 19.2 Å². The molecule has 1 aromatic carbocycles. The zero-order valence-electron chi connectivity index (χ0n) is 17.4. The fourth-order valence-electron chi connectivity index (χ4n) is 2.84. The van der Waals surface area contributed by atoms with Gasteiger partial charge in [-0.25, -0.2) is 9.59 Å². The summed E-state index contributed by atoms with van der Waals surface area (Å²) in [5, 5.41) is 4.81. The average molecular weight is 416 g/mol. The number of carbonyl (C=O) groups is 2. The van der Waals surface area contributed by atoms with E-state index < -0.39 is 23.2 Å². The summed E-state index contributed by atoms with van der Waals surface area (Å²) >= 11 is 0. The van der Waals surface area contributed by atoms with Crippen molar-refractivity contribution in [2.24, 2.45) is 5.92 Å². The van der Waals surface area contributed by atoms with E-state index in [0.29, 0.717) is 6.54 Å². The van der Waals surface area contributed by atoms with Crippen LogP contribution in [0.3, 0.4) is 0 Å². The molecule has 0 aliphatic carbocycles. The van der Waals surface area contributed by atoms with E-state index in [2.05, 4.69) is 15.6 Å². The highest BCUT2D eigenvalue weighted by atomic mass is 16.2. The van der Waals surface area contributed by atoms with Gasteiger partial charge in [0.15, 0.2) is 0 Å². The van der Waals surface area contributed by atoms with Crippen LogP contribution in [0, 0.1) is 5.92 Å². The van der Waals surface area contributed by atoms with Crippen molar-refractivity contribution in [2.75, 3.05) is 30.3 Å². The second kappa shape index (κ2) is 10.3. The minimum atomic E-state index is -0.694. The van der Waals surface area contributed by atoms with Crippen LogP contribution in [-0.4, -0.2) is 41.1 Å². The summed E-state index contributed by atoms with van der Waals surface area (Å²) in [6.07, 6.45) is 0. The third-order valence-corrected chi connectivity index (χ3v) is 4.35. The molecule has 2 rings (SSSR count). The van der Waals surface area contributed by atoms with Gasteiger partial charge < -0.3 is 16.0 Å². The predicted molar refractivity (Wildman–Crippen MR) is 116 cm³/mol. The number of carbonyl (C=O) groups excluding carboxylic acids is 2. The maximum Gasteiger partial charge on any atom is 0.330 e. The van der Waals surface area contributed by atoms with Gasteiger partial charge in [-0.3, -0.25) is 24.5 Å². The fourth-order valence-corrected chi connectivity index (χ4v) is 2.84. The number of aromatic amines is 1. The Morgan fingerprint density at radius 1 is 1.20 bits per heavy atom. The van der Waals surface area contributed by atoms with Crippen molar-refractivity contribution in [1.29, 1.82) is 0 Å². The highest BCUT2D eigenvalue weighted by Crippen LogP contribution is 2.17. The molecule has 5 N–H and O–H groups in total. The SMILES string of the molecule is CCN(CC(=O)NC(=O)NCC(C)C)c1c(N)n(Cc2ccccc2)c(=O)[nH]c1=O. The number of aromatic nitrogens is 2. The van der Waals surface area contributed by atoms with Crippen molar-refractivity contribution < 1.29 is 9.59 Å². The third-order valence-electron chi connectivity index (χ3n) is 4.35. The van der Waals surface area contributed by atoms with Gasteiger partial charge in [-0.2, -0.15) is 0 Å². The zero-order chi connectivity index (χ0) is 22.3. The molecule has 0 radical (unpaired) electrons. The number of benzene rings is 1. The second-order valence-corrected chi connectivity index (χ2v) is 7.23. The molecule has 0 bridgehead atoms. The summed E-state index contributed by atoms with van der Waals surface area (Å²) < 4.78 is 1.24. The zero-order valence-corrected chi connectivity index (χ0v) is 17.4. The van der Waals surface area contributed by atoms with E-state index in [-0.39, 0.29) is 37.1 Å². The topological polar surface area (TPSA) is 142 Å². The molecule has 0 aliphatic heterocycles. The number of hydrogen-bond donors (Lipinski definition) is 4. The molecule has 10 nitrogen and oxygen atoms in total. The van der Waals surface area contributed by atoms with E-state index in [0.717, 1.165) is 5.56 Å². The first-order valence-corrected chi connectivity index (χ1v) is 9.72. The van der Waals surface area contributed by atoms with E-state index in [1.165, 1.54) is 9.47 Å². The van der Waals surface area contributed by atoms with Crippen molar-refractivity contribution in [2.45, 2.75) is 27.3 Å². The molecular weight excluding hydrogens is 388 g/mol. The van der Waals surface area contributed by atoms with Crippen molar-refractivity contribution in [3.05, 3.63) is 56.7 Å². The number of hydrogen-bond acceptors (Lipinski definition) is 6. The number of likely N-dealkylation sites (N-methyl/N-ethyl adjacent to an activating group) is 1. The van der Waals surface area contributed by atoms with Crippen LogP contribution in [0.4, 0.5) is 16.3 Å². The Kier molecular flexibility index (Phi) is 7.79. The van der Waals surface area contributed by atoms with Crippen molar-refractivity contribution in [1.82, 2.24) is 20.2 Å². The van der Waals surface area contributed by atoms with Crippen LogP contribution < -0.4 is 32.5 Å². The number of anilines is 2. The first kappa shape index (κ1) is 22.7. The molecule has 0 fully saturated rings. The lowest BCUT2D eigenvalue weighted by atomic mass is 10.2. The molecule has 162 valence electrons. The van der Waals surface area contributed by atoms with Crippen molar-refractivity contribution >= 4 is 23.4 Å². The number of imide groups is 1. The number of amides is 3. The number of rotatable bonds is 8. The van der Waals surface area contributed by atoms with Crippen LogP contribution in [0.25, 0.3) is 0 Å². The minimum absolute atomic E-state index is 0.00534. The molecule has 0 unspecified atom stereocenters. The molecule has 0 saturated carbocycles. The van der Waals surface area contributed by atoms with Gasteiger partial charge in [0.05, 0.1) is 13.1 Å². The van der Waals surface area contributed by atoms with E-state index in [1.807, 2.05) is 44.2 Å². The van der Waals surface area contributed by atoms with Gasteiger partial charge in [0, 0.05) is 13.1 Å². The second-order valence-electron chi connectivity index (χ2n) is 7.23. The lowest BCUT2D eigenvalue weighted by molar-refractivity contribution is -0.118. The smallest absolute Gasteiger partial charge is 0.330 e. The molecule has 0 aliphatic rings. The largest absolute Gasteiger partial charge is 0.383 e. The normalized spacial score (nSPS) is 10.7. The summed E-state index contributed by atoms with van der Waals surface area (Å²) in [5.74, 6) is -0.411. The molecule has 0 saturated heterocycles. The van der Waals surface area contributed by atoms with Crippen molar-refractivity contribution in [3.8, 4) is 0 Å². The first-order chi connectivity index (χ1) is 14.2. The quantitative estimate of drug-likeness (QED) is 0.493. The highest BCUT2D eigenvalue weighted by molar-refractivity contribution is 5.96. The molecular formula is C20H28N6O4. The summed E-state index contributed by atoms with van der Waals surface area (Å²) in [6, 6.07) is 8.56. The van der Waals surface area contributed by atoms with Crippen LogP contribution in [0.2, 0.25) is 0 Å². The Bertz CT molecular complexity index is 997. The van der Waals surface area contributed by atoms with Crippen LogP contribution in [0.5, 0.6) is 0 Å². The Balaban J connectivity index is 2.24. The van der Waals surface area contributed by atoms with Crippen LogP contribution in [-0.2, 0) is 11.3 Å². The lowest BCUT2D eigenvalue weighted by Gasteiger charge is -2.24. The summed E-state index contributed by atoms with van der Waals surface area (Å²) in [5.41, 5.74) is 5.65. The van der Waals surface area contributed by atoms with Gasteiger partial charge in [-0.15, -0.1) is 0 Å². The molecule has 1 aromatic heterocycles. The van der Waals surface area contributed by atoms with E-state index >= 15 is 0 Å². The number of nitrogens with two attached hydrogens (primary N) is 1. The van der Waals surface area contributed by atoms with Crippen molar-refractivity contribution in [3.63, 3.8) is 0 Å². The van der Waals surface area contributed by atoms with Crippen LogP contribution in [0.1, 0.15) is 26.3 Å². The predicted octanol–water partition coefficient (Wildman–Crippen LogP) is 0.475. The number of nitrogens with zero attached hydrogens (tertiary/aromatic N) is 2. The summed E-state index contributed by atoms with van der Waals surface area (Å²) in [6.45, 7) is 6.17.